The zero-order chi connectivity index (χ0) is 21.4. The number of rotatable bonds is 4. The molecule has 29 heavy (non-hydrogen) atoms. The molecule has 0 radical (unpaired) electrons. The van der Waals surface area contributed by atoms with Crippen molar-refractivity contribution in [3.63, 3.8) is 0 Å². The van der Waals surface area contributed by atoms with Crippen LogP contribution in [-0.2, 0) is 15.2 Å². The van der Waals surface area contributed by atoms with Gasteiger partial charge in [0.15, 0.2) is 0 Å². The highest BCUT2D eigenvalue weighted by Crippen LogP contribution is 2.50. The molecule has 1 saturated heterocycles. The van der Waals surface area contributed by atoms with Crippen LogP contribution in [0.25, 0.3) is 0 Å². The second kappa shape index (κ2) is 8.74. The van der Waals surface area contributed by atoms with Gasteiger partial charge in [0.1, 0.15) is 0 Å². The second-order valence-corrected chi connectivity index (χ2v) is 8.78. The van der Waals surface area contributed by atoms with Gasteiger partial charge < -0.3 is 5.32 Å². The predicted octanol–water partition coefficient (Wildman–Crippen LogP) is 5.10. The molecule has 1 aromatic carbocycles. The fourth-order valence-corrected chi connectivity index (χ4v) is 4.90. The normalized spacial score (nSPS) is 29.6. The third-order valence-electron chi connectivity index (χ3n) is 4.97. The standard InChI is InChI=1S/C19H18Cl2F3IN2O2/c1-10(28)26-16-4-11(2-3-12(16)9-25)17-8-18(29-27-17,19(22,23)24)13-5-14(20)7-15(21)6-13/h2-7,12,16-17,27H,8-9H2,1H3,(H,26,28). The molecule has 2 aliphatic rings. The Hall–Kier alpha value is -0.810. The van der Waals surface area contributed by atoms with Gasteiger partial charge in [0.05, 0.1) is 12.1 Å². The molecule has 1 aromatic rings. The van der Waals surface area contributed by atoms with Crippen molar-refractivity contribution in [1.82, 2.24) is 10.8 Å². The van der Waals surface area contributed by atoms with Gasteiger partial charge in [0, 0.05) is 33.7 Å². The van der Waals surface area contributed by atoms with E-state index in [0.717, 1.165) is 4.43 Å². The van der Waals surface area contributed by atoms with E-state index < -0.39 is 24.2 Å². The number of nitrogens with one attached hydrogen (secondary N) is 2. The molecule has 10 heteroatoms. The Bertz CT molecular complexity index is 842. The molecular formula is C19H18Cl2F3IN2O2. The SMILES string of the molecule is CC(=O)NC1C=C(C2CC(c3cc(Cl)cc(Cl)c3)(C(F)(F)F)ON2)C=CC1CI. The number of halogens is 6. The predicted molar refractivity (Wildman–Crippen MR) is 114 cm³/mol. The highest BCUT2D eigenvalue weighted by Gasteiger charge is 2.62. The minimum absolute atomic E-state index is 0.0599. The number of hydroxylamine groups is 1. The lowest BCUT2D eigenvalue weighted by Gasteiger charge is -2.30. The van der Waals surface area contributed by atoms with E-state index in [9.17, 15) is 18.0 Å². The highest BCUT2D eigenvalue weighted by molar-refractivity contribution is 14.1. The van der Waals surface area contributed by atoms with Gasteiger partial charge in [-0.25, -0.2) is 0 Å². The van der Waals surface area contributed by atoms with E-state index in [1.54, 1.807) is 12.2 Å². The van der Waals surface area contributed by atoms with Crippen molar-refractivity contribution in [3.05, 3.63) is 57.6 Å². The zero-order valence-corrected chi connectivity index (χ0v) is 18.9. The molecular weight excluding hydrogens is 543 g/mol. The molecule has 1 aliphatic heterocycles. The Morgan fingerprint density at radius 3 is 2.55 bits per heavy atom. The lowest BCUT2D eigenvalue weighted by Crippen LogP contribution is -2.42. The van der Waals surface area contributed by atoms with E-state index in [2.05, 4.69) is 33.4 Å². The summed E-state index contributed by atoms with van der Waals surface area (Å²) in [5.41, 5.74) is 0.384. The van der Waals surface area contributed by atoms with Crippen LogP contribution < -0.4 is 10.8 Å². The number of hydrogen-bond donors (Lipinski definition) is 2. The summed E-state index contributed by atoms with van der Waals surface area (Å²) in [6, 6.07) is 2.76. The molecule has 158 valence electrons. The molecule has 0 aromatic heterocycles. The van der Waals surface area contributed by atoms with Crippen LogP contribution >= 0.6 is 45.8 Å². The van der Waals surface area contributed by atoms with Gasteiger partial charge in [-0.1, -0.05) is 64.0 Å². The molecule has 1 amide bonds. The van der Waals surface area contributed by atoms with Crippen molar-refractivity contribution in [3.8, 4) is 0 Å². The first kappa shape index (κ1) is 22.9. The van der Waals surface area contributed by atoms with Crippen LogP contribution in [0.4, 0.5) is 13.2 Å². The monoisotopic (exact) mass is 560 g/mol. The van der Waals surface area contributed by atoms with Crippen LogP contribution in [0.15, 0.2) is 42.0 Å². The Morgan fingerprint density at radius 1 is 1.34 bits per heavy atom. The molecule has 1 aliphatic carbocycles. The van der Waals surface area contributed by atoms with E-state index in [4.69, 9.17) is 28.0 Å². The number of carbonyl (C=O) groups excluding carboxylic acids is 1. The molecule has 4 atom stereocenters. The zero-order valence-electron chi connectivity index (χ0n) is 15.2. The van der Waals surface area contributed by atoms with Crippen LogP contribution in [0.3, 0.4) is 0 Å². The summed E-state index contributed by atoms with van der Waals surface area (Å²) in [4.78, 5) is 16.7. The van der Waals surface area contributed by atoms with Crippen molar-refractivity contribution in [2.24, 2.45) is 5.92 Å². The maximum Gasteiger partial charge on any atom is 0.423 e. The van der Waals surface area contributed by atoms with Gasteiger partial charge in [-0.05, 0) is 29.3 Å². The summed E-state index contributed by atoms with van der Waals surface area (Å²) < 4.78 is 43.1. The van der Waals surface area contributed by atoms with Crippen molar-refractivity contribution in [2.75, 3.05) is 4.43 Å². The molecule has 0 spiro atoms. The molecule has 1 heterocycles. The van der Waals surface area contributed by atoms with Crippen LogP contribution in [0.2, 0.25) is 10.0 Å². The van der Waals surface area contributed by atoms with Gasteiger partial charge in [-0.2, -0.15) is 18.7 Å². The minimum Gasteiger partial charge on any atom is -0.350 e. The average molecular weight is 561 g/mol. The third kappa shape index (κ3) is 4.76. The first-order valence-electron chi connectivity index (χ1n) is 8.75. The fourth-order valence-electron chi connectivity index (χ4n) is 3.53. The van der Waals surface area contributed by atoms with Crippen LogP contribution in [0.5, 0.6) is 0 Å². The van der Waals surface area contributed by atoms with Crippen molar-refractivity contribution < 1.29 is 22.8 Å². The number of benzene rings is 1. The lowest BCUT2D eigenvalue weighted by molar-refractivity contribution is -0.282. The second-order valence-electron chi connectivity index (χ2n) is 7.03. The molecule has 2 N–H and O–H groups in total. The third-order valence-corrected chi connectivity index (χ3v) is 6.43. The summed E-state index contributed by atoms with van der Waals surface area (Å²) in [6.45, 7) is 1.41. The Balaban J connectivity index is 1.93. The van der Waals surface area contributed by atoms with Gasteiger partial charge in [-0.3, -0.25) is 9.63 Å². The minimum atomic E-state index is -4.70. The van der Waals surface area contributed by atoms with Gasteiger partial charge >= 0.3 is 6.18 Å². The quantitative estimate of drug-likeness (QED) is 0.398. The van der Waals surface area contributed by atoms with E-state index in [1.807, 2.05) is 6.08 Å². The van der Waals surface area contributed by atoms with Crippen LogP contribution in [-0.4, -0.2) is 28.6 Å². The smallest absolute Gasteiger partial charge is 0.350 e. The van der Waals surface area contributed by atoms with Gasteiger partial charge in [-0.15, -0.1) is 0 Å². The number of carbonyl (C=O) groups is 1. The van der Waals surface area contributed by atoms with Crippen LogP contribution in [0, 0.1) is 5.92 Å². The molecule has 0 bridgehead atoms. The van der Waals surface area contributed by atoms with E-state index in [1.165, 1.54) is 25.1 Å². The molecule has 3 rings (SSSR count). The Labute approximate surface area is 189 Å². The van der Waals surface area contributed by atoms with Crippen molar-refractivity contribution in [2.45, 2.75) is 37.2 Å². The summed E-state index contributed by atoms with van der Waals surface area (Å²) in [6.07, 6.45) is 0.353. The van der Waals surface area contributed by atoms with Gasteiger partial charge in [0.2, 0.25) is 11.5 Å². The van der Waals surface area contributed by atoms with Crippen molar-refractivity contribution >= 4 is 51.7 Å². The first-order valence-corrected chi connectivity index (χ1v) is 11.0. The van der Waals surface area contributed by atoms with E-state index >= 15 is 0 Å². The molecule has 1 fully saturated rings. The lowest BCUT2D eigenvalue weighted by atomic mass is 9.83. The summed E-state index contributed by atoms with van der Waals surface area (Å²) in [7, 11) is 0. The van der Waals surface area contributed by atoms with Crippen LogP contribution in [0.1, 0.15) is 18.9 Å². The Morgan fingerprint density at radius 2 is 2.00 bits per heavy atom. The average Bonchev–Trinajstić information content (AvgIpc) is 3.07. The largest absolute Gasteiger partial charge is 0.423 e. The topological polar surface area (TPSA) is 50.4 Å². The van der Waals surface area contributed by atoms with E-state index in [-0.39, 0.29) is 33.5 Å². The summed E-state index contributed by atoms with van der Waals surface area (Å²) in [5, 5.41) is 3.02. The summed E-state index contributed by atoms with van der Waals surface area (Å²) >= 11 is 14.1. The first-order chi connectivity index (χ1) is 13.6. The maximum atomic E-state index is 14.1. The maximum absolute atomic E-state index is 14.1. The van der Waals surface area contributed by atoms with Crippen molar-refractivity contribution in [1.29, 1.82) is 0 Å². The summed E-state index contributed by atoms with van der Waals surface area (Å²) in [5.74, 6) is -0.144. The number of hydrogen-bond acceptors (Lipinski definition) is 3. The molecule has 0 saturated carbocycles. The van der Waals surface area contributed by atoms with Gasteiger partial charge in [0.25, 0.3) is 0 Å². The Kier molecular flexibility index (Phi) is 6.89. The molecule has 4 unspecified atom stereocenters. The molecule has 4 nitrogen and oxygen atoms in total. The highest BCUT2D eigenvalue weighted by atomic mass is 127. The number of alkyl halides is 4. The van der Waals surface area contributed by atoms with E-state index in [0.29, 0.717) is 5.57 Å². The number of amides is 1. The fraction of sp³-hybridized carbons (Fsp3) is 0.421.